The molecule has 0 saturated carbocycles. The molecule has 7 heteroatoms. The lowest BCUT2D eigenvalue weighted by atomic mass is 10.1. The van der Waals surface area contributed by atoms with Crippen molar-refractivity contribution in [3.05, 3.63) is 60.7 Å². The highest BCUT2D eigenvalue weighted by Crippen LogP contribution is 2.31. The number of carbonyl (C=O) groups is 1. The van der Waals surface area contributed by atoms with E-state index in [-0.39, 0.29) is 10.8 Å². The van der Waals surface area contributed by atoms with Crippen LogP contribution in [-0.2, 0) is 14.8 Å². The molecule has 0 heterocycles. The molecule has 1 amide bonds. The number of benzene rings is 3. The average molecular weight is 384 g/mol. The van der Waals surface area contributed by atoms with Crippen molar-refractivity contribution in [1.29, 1.82) is 0 Å². The van der Waals surface area contributed by atoms with E-state index < -0.39 is 10.0 Å². The SMILES string of the molecule is COc1ccc(S(=O)(=O)N(C)c2ccc3ccccc3c2)cc1NC(C)=O. The number of amides is 1. The lowest BCUT2D eigenvalue weighted by Gasteiger charge is -2.21. The monoisotopic (exact) mass is 384 g/mol. The Morgan fingerprint density at radius 3 is 2.37 bits per heavy atom. The van der Waals surface area contributed by atoms with Gasteiger partial charge in [-0.25, -0.2) is 8.42 Å². The zero-order valence-electron chi connectivity index (χ0n) is 15.3. The van der Waals surface area contributed by atoms with Gasteiger partial charge in [-0.1, -0.05) is 30.3 Å². The van der Waals surface area contributed by atoms with Gasteiger partial charge in [-0.15, -0.1) is 0 Å². The molecule has 6 nitrogen and oxygen atoms in total. The molecule has 140 valence electrons. The molecule has 0 aliphatic carbocycles. The van der Waals surface area contributed by atoms with Crippen molar-refractivity contribution in [3.63, 3.8) is 0 Å². The van der Waals surface area contributed by atoms with E-state index in [2.05, 4.69) is 5.32 Å². The summed E-state index contributed by atoms with van der Waals surface area (Å²) < 4.78 is 32.6. The summed E-state index contributed by atoms with van der Waals surface area (Å²) in [6.07, 6.45) is 0. The van der Waals surface area contributed by atoms with Crippen LogP contribution in [0.1, 0.15) is 6.92 Å². The lowest BCUT2D eigenvalue weighted by molar-refractivity contribution is -0.114. The van der Waals surface area contributed by atoms with E-state index >= 15 is 0 Å². The molecule has 0 aliphatic heterocycles. The van der Waals surface area contributed by atoms with Gasteiger partial charge in [0.05, 0.1) is 23.4 Å². The van der Waals surface area contributed by atoms with Crippen LogP contribution in [0, 0.1) is 0 Å². The van der Waals surface area contributed by atoms with Crippen molar-refractivity contribution in [2.45, 2.75) is 11.8 Å². The van der Waals surface area contributed by atoms with Gasteiger partial charge in [0.1, 0.15) is 5.75 Å². The van der Waals surface area contributed by atoms with E-state index in [4.69, 9.17) is 4.74 Å². The number of rotatable bonds is 5. The molecule has 0 aliphatic rings. The molecule has 3 aromatic carbocycles. The Labute approximate surface area is 158 Å². The first-order valence-corrected chi connectivity index (χ1v) is 9.70. The van der Waals surface area contributed by atoms with E-state index in [1.165, 1.54) is 43.6 Å². The van der Waals surface area contributed by atoms with Gasteiger partial charge >= 0.3 is 0 Å². The summed E-state index contributed by atoms with van der Waals surface area (Å²) in [4.78, 5) is 11.5. The van der Waals surface area contributed by atoms with Crippen molar-refractivity contribution < 1.29 is 17.9 Å². The normalized spacial score (nSPS) is 11.2. The van der Waals surface area contributed by atoms with Crippen LogP contribution in [0.5, 0.6) is 5.75 Å². The summed E-state index contributed by atoms with van der Waals surface area (Å²) in [6, 6.07) is 17.6. The van der Waals surface area contributed by atoms with E-state index in [0.717, 1.165) is 10.8 Å². The summed E-state index contributed by atoms with van der Waals surface area (Å²) in [7, 11) is -0.861. The minimum Gasteiger partial charge on any atom is -0.495 e. The predicted molar refractivity (Wildman–Crippen MR) is 107 cm³/mol. The van der Waals surface area contributed by atoms with E-state index in [9.17, 15) is 13.2 Å². The molecule has 0 aromatic heterocycles. The first-order chi connectivity index (χ1) is 12.8. The number of hydrogen-bond acceptors (Lipinski definition) is 4. The number of carbonyl (C=O) groups excluding carboxylic acids is 1. The van der Waals surface area contributed by atoms with Gasteiger partial charge in [0.2, 0.25) is 5.91 Å². The smallest absolute Gasteiger partial charge is 0.264 e. The third-order valence-corrected chi connectivity index (χ3v) is 6.02. The molecule has 0 radical (unpaired) electrons. The first kappa shape index (κ1) is 18.7. The quantitative estimate of drug-likeness (QED) is 0.729. The van der Waals surface area contributed by atoms with Gasteiger partial charge < -0.3 is 10.1 Å². The third kappa shape index (κ3) is 3.73. The second-order valence-electron chi connectivity index (χ2n) is 6.05. The molecule has 0 unspecified atom stereocenters. The van der Waals surface area contributed by atoms with Crippen LogP contribution in [0.2, 0.25) is 0 Å². The Morgan fingerprint density at radius 1 is 1.00 bits per heavy atom. The molecular weight excluding hydrogens is 364 g/mol. The van der Waals surface area contributed by atoms with Crippen LogP contribution in [0.3, 0.4) is 0 Å². The zero-order valence-corrected chi connectivity index (χ0v) is 16.1. The third-order valence-electron chi connectivity index (χ3n) is 4.24. The molecule has 3 rings (SSSR count). The standard InChI is InChI=1S/C20H20N2O4S/c1-14(23)21-19-13-18(10-11-20(19)26-3)27(24,25)22(2)17-9-8-15-6-4-5-7-16(15)12-17/h4-13H,1-3H3,(H,21,23). The van der Waals surface area contributed by atoms with Crippen molar-refractivity contribution >= 4 is 38.1 Å². The van der Waals surface area contributed by atoms with Crippen molar-refractivity contribution in [2.24, 2.45) is 0 Å². The van der Waals surface area contributed by atoms with E-state index in [0.29, 0.717) is 17.1 Å². The fourth-order valence-electron chi connectivity index (χ4n) is 2.80. The predicted octanol–water partition coefficient (Wildman–Crippen LogP) is 3.63. The first-order valence-electron chi connectivity index (χ1n) is 8.26. The van der Waals surface area contributed by atoms with Gasteiger partial charge in [0.15, 0.2) is 0 Å². The Balaban J connectivity index is 2.02. The van der Waals surface area contributed by atoms with Crippen LogP contribution >= 0.6 is 0 Å². The van der Waals surface area contributed by atoms with Crippen LogP contribution in [-0.4, -0.2) is 28.5 Å². The Hall–Kier alpha value is -3.06. The Morgan fingerprint density at radius 2 is 1.70 bits per heavy atom. The number of fused-ring (bicyclic) bond motifs is 1. The fourth-order valence-corrected chi connectivity index (χ4v) is 4.02. The van der Waals surface area contributed by atoms with Crippen molar-refractivity contribution in [3.8, 4) is 5.75 Å². The number of nitrogens with one attached hydrogen (secondary N) is 1. The topological polar surface area (TPSA) is 75.7 Å². The molecule has 27 heavy (non-hydrogen) atoms. The zero-order chi connectivity index (χ0) is 19.6. The molecular formula is C20H20N2O4S. The second kappa shape index (κ2) is 7.28. The molecule has 0 atom stereocenters. The minimum absolute atomic E-state index is 0.0581. The van der Waals surface area contributed by atoms with Gasteiger partial charge in [0, 0.05) is 14.0 Å². The van der Waals surface area contributed by atoms with Gasteiger partial charge in [0.25, 0.3) is 10.0 Å². The number of sulfonamides is 1. The molecule has 0 bridgehead atoms. The Bertz CT molecular complexity index is 1110. The average Bonchev–Trinajstić information content (AvgIpc) is 2.66. The number of ether oxygens (including phenoxy) is 1. The number of hydrogen-bond donors (Lipinski definition) is 1. The highest BCUT2D eigenvalue weighted by molar-refractivity contribution is 7.92. The summed E-state index contributed by atoms with van der Waals surface area (Å²) in [6.45, 7) is 1.35. The molecule has 3 aromatic rings. The minimum atomic E-state index is -3.82. The van der Waals surface area contributed by atoms with Gasteiger partial charge in [-0.3, -0.25) is 9.10 Å². The van der Waals surface area contributed by atoms with Crippen molar-refractivity contribution in [2.75, 3.05) is 23.8 Å². The molecule has 1 N–H and O–H groups in total. The maximum Gasteiger partial charge on any atom is 0.264 e. The Kier molecular flexibility index (Phi) is 5.05. The lowest BCUT2D eigenvalue weighted by Crippen LogP contribution is -2.26. The summed E-state index contributed by atoms with van der Waals surface area (Å²) in [5.41, 5.74) is 0.851. The summed E-state index contributed by atoms with van der Waals surface area (Å²) >= 11 is 0. The van der Waals surface area contributed by atoms with E-state index in [1.54, 1.807) is 6.07 Å². The number of anilines is 2. The fraction of sp³-hybridized carbons (Fsp3) is 0.150. The van der Waals surface area contributed by atoms with Crippen LogP contribution in [0.25, 0.3) is 10.8 Å². The van der Waals surface area contributed by atoms with Gasteiger partial charge in [-0.05, 0) is 41.1 Å². The number of methoxy groups -OCH3 is 1. The van der Waals surface area contributed by atoms with Crippen LogP contribution in [0.15, 0.2) is 65.6 Å². The van der Waals surface area contributed by atoms with Crippen molar-refractivity contribution in [1.82, 2.24) is 0 Å². The van der Waals surface area contributed by atoms with Crippen LogP contribution < -0.4 is 14.4 Å². The van der Waals surface area contributed by atoms with Crippen LogP contribution in [0.4, 0.5) is 11.4 Å². The number of nitrogens with zero attached hydrogens (tertiary/aromatic N) is 1. The maximum absolute atomic E-state index is 13.1. The van der Waals surface area contributed by atoms with E-state index in [1.807, 2.05) is 36.4 Å². The molecule has 0 fully saturated rings. The summed E-state index contributed by atoms with van der Waals surface area (Å²) in [5, 5.41) is 4.57. The summed E-state index contributed by atoms with van der Waals surface area (Å²) in [5.74, 6) is 0.0724. The molecule has 0 saturated heterocycles. The van der Waals surface area contributed by atoms with Gasteiger partial charge in [-0.2, -0.15) is 0 Å². The second-order valence-corrected chi connectivity index (χ2v) is 8.02. The maximum atomic E-state index is 13.1. The largest absolute Gasteiger partial charge is 0.495 e. The highest BCUT2D eigenvalue weighted by Gasteiger charge is 2.23. The highest BCUT2D eigenvalue weighted by atomic mass is 32.2. The molecule has 0 spiro atoms.